The van der Waals surface area contributed by atoms with Gasteiger partial charge < -0.3 is 4.74 Å². The van der Waals surface area contributed by atoms with Crippen molar-refractivity contribution >= 4 is 23.5 Å². The highest BCUT2D eigenvalue weighted by atomic mass is 35.5. The molecule has 0 aliphatic carbocycles. The molecule has 138 valence electrons. The Kier molecular flexibility index (Phi) is 4.58. The fourth-order valence-corrected chi connectivity index (χ4v) is 3.93. The van der Waals surface area contributed by atoms with Gasteiger partial charge in [0.2, 0.25) is 11.9 Å². The summed E-state index contributed by atoms with van der Waals surface area (Å²) in [4.78, 5) is 18.5. The summed E-state index contributed by atoms with van der Waals surface area (Å²) in [5.74, 6) is 1.22. The average Bonchev–Trinajstić information content (AvgIpc) is 3.16. The van der Waals surface area contributed by atoms with Crippen molar-refractivity contribution in [1.29, 1.82) is 0 Å². The van der Waals surface area contributed by atoms with E-state index in [2.05, 4.69) is 10.1 Å². The van der Waals surface area contributed by atoms with Gasteiger partial charge >= 0.3 is 0 Å². The zero-order valence-electron chi connectivity index (χ0n) is 15.0. The summed E-state index contributed by atoms with van der Waals surface area (Å²) in [5, 5.41) is 5.05. The SMILES string of the molecule is COc1ccc(C2CC(c3ccccc3Cl)n3ncnc3N2C(C)=O)cc1. The van der Waals surface area contributed by atoms with Gasteiger partial charge in [0.05, 0.1) is 19.2 Å². The summed E-state index contributed by atoms with van der Waals surface area (Å²) in [6.07, 6.45) is 2.12. The van der Waals surface area contributed by atoms with Crippen LogP contribution in [0.25, 0.3) is 0 Å². The van der Waals surface area contributed by atoms with Crippen molar-refractivity contribution in [3.8, 4) is 5.75 Å². The first-order valence-corrected chi connectivity index (χ1v) is 9.05. The minimum atomic E-state index is -0.175. The highest BCUT2D eigenvalue weighted by molar-refractivity contribution is 6.31. The lowest BCUT2D eigenvalue weighted by molar-refractivity contribution is -0.117. The molecule has 27 heavy (non-hydrogen) atoms. The summed E-state index contributed by atoms with van der Waals surface area (Å²) < 4.78 is 7.04. The highest BCUT2D eigenvalue weighted by Crippen LogP contribution is 2.43. The molecule has 0 radical (unpaired) electrons. The number of rotatable bonds is 3. The van der Waals surface area contributed by atoms with Gasteiger partial charge in [0.15, 0.2) is 0 Å². The summed E-state index contributed by atoms with van der Waals surface area (Å²) >= 11 is 6.46. The van der Waals surface area contributed by atoms with Crippen LogP contribution in [0.5, 0.6) is 5.75 Å². The van der Waals surface area contributed by atoms with Crippen LogP contribution in [0.3, 0.4) is 0 Å². The largest absolute Gasteiger partial charge is 0.497 e. The third-order valence-electron chi connectivity index (χ3n) is 4.93. The predicted molar refractivity (Wildman–Crippen MR) is 103 cm³/mol. The van der Waals surface area contributed by atoms with E-state index < -0.39 is 0 Å². The molecule has 6 nitrogen and oxygen atoms in total. The number of anilines is 1. The van der Waals surface area contributed by atoms with E-state index in [0.29, 0.717) is 17.4 Å². The Hall–Kier alpha value is -2.86. The van der Waals surface area contributed by atoms with E-state index in [-0.39, 0.29) is 18.0 Å². The number of fused-ring (bicyclic) bond motifs is 1. The Morgan fingerprint density at radius 3 is 2.56 bits per heavy atom. The van der Waals surface area contributed by atoms with Gasteiger partial charge in [0, 0.05) is 11.9 Å². The van der Waals surface area contributed by atoms with Gasteiger partial charge in [-0.2, -0.15) is 10.1 Å². The van der Waals surface area contributed by atoms with E-state index in [4.69, 9.17) is 16.3 Å². The second-order valence-electron chi connectivity index (χ2n) is 6.46. The number of ether oxygens (including phenoxy) is 1. The predicted octanol–water partition coefficient (Wildman–Crippen LogP) is 4.03. The normalized spacial score (nSPS) is 18.9. The second kappa shape index (κ2) is 7.04. The van der Waals surface area contributed by atoms with Gasteiger partial charge in [-0.05, 0) is 35.7 Å². The maximum Gasteiger partial charge on any atom is 0.231 e. The molecule has 0 saturated carbocycles. The number of nitrogens with zero attached hydrogens (tertiary/aromatic N) is 4. The molecule has 0 spiro atoms. The van der Waals surface area contributed by atoms with Crippen molar-refractivity contribution in [3.63, 3.8) is 0 Å². The molecule has 7 heteroatoms. The average molecular weight is 383 g/mol. The fourth-order valence-electron chi connectivity index (χ4n) is 3.67. The van der Waals surface area contributed by atoms with Crippen LogP contribution in [0.4, 0.5) is 5.95 Å². The van der Waals surface area contributed by atoms with E-state index >= 15 is 0 Å². The van der Waals surface area contributed by atoms with Crippen molar-refractivity contribution in [2.45, 2.75) is 25.4 Å². The molecule has 1 amide bonds. The molecule has 2 atom stereocenters. The number of aromatic nitrogens is 3. The number of benzene rings is 2. The molecule has 0 saturated heterocycles. The van der Waals surface area contributed by atoms with Crippen LogP contribution in [0.15, 0.2) is 54.9 Å². The van der Waals surface area contributed by atoms with E-state index in [1.54, 1.807) is 23.6 Å². The van der Waals surface area contributed by atoms with Gasteiger partial charge in [0.1, 0.15) is 12.1 Å². The Bertz CT molecular complexity index is 970. The Morgan fingerprint density at radius 2 is 1.89 bits per heavy atom. The van der Waals surface area contributed by atoms with Crippen molar-refractivity contribution < 1.29 is 9.53 Å². The monoisotopic (exact) mass is 382 g/mol. The number of halogens is 1. The Balaban J connectivity index is 1.83. The van der Waals surface area contributed by atoms with E-state index in [1.807, 2.05) is 48.5 Å². The van der Waals surface area contributed by atoms with Gasteiger partial charge in [-0.3, -0.25) is 9.69 Å². The number of hydrogen-bond donors (Lipinski definition) is 0. The molecule has 4 rings (SSSR count). The van der Waals surface area contributed by atoms with E-state index in [0.717, 1.165) is 16.9 Å². The third-order valence-corrected chi connectivity index (χ3v) is 5.27. The van der Waals surface area contributed by atoms with Crippen LogP contribution in [-0.4, -0.2) is 27.8 Å². The molecule has 0 N–H and O–H groups in total. The standard InChI is InChI=1S/C20H19ClN4O2/c1-13(26)24-18(14-7-9-15(27-2)10-8-14)11-19(25-20(24)22-12-23-25)16-5-3-4-6-17(16)21/h3-10,12,18-19H,11H2,1-2H3. The number of carbonyl (C=O) groups excluding carboxylic acids is 1. The third kappa shape index (κ3) is 3.06. The lowest BCUT2D eigenvalue weighted by Gasteiger charge is -2.38. The summed E-state index contributed by atoms with van der Waals surface area (Å²) in [5.41, 5.74) is 1.98. The summed E-state index contributed by atoms with van der Waals surface area (Å²) in [7, 11) is 1.63. The van der Waals surface area contributed by atoms with Crippen molar-refractivity contribution in [1.82, 2.24) is 14.8 Å². The second-order valence-corrected chi connectivity index (χ2v) is 6.86. The minimum Gasteiger partial charge on any atom is -0.497 e. The number of methoxy groups -OCH3 is 1. The Morgan fingerprint density at radius 1 is 1.15 bits per heavy atom. The van der Waals surface area contributed by atoms with Gasteiger partial charge in [-0.1, -0.05) is 41.9 Å². The molecule has 0 fully saturated rings. The zero-order valence-corrected chi connectivity index (χ0v) is 15.8. The maximum absolute atomic E-state index is 12.5. The first-order valence-electron chi connectivity index (χ1n) is 8.68. The lowest BCUT2D eigenvalue weighted by Crippen LogP contribution is -2.41. The smallest absolute Gasteiger partial charge is 0.231 e. The topological polar surface area (TPSA) is 60.2 Å². The molecule has 2 unspecified atom stereocenters. The van der Waals surface area contributed by atoms with Crippen LogP contribution in [-0.2, 0) is 4.79 Å². The fraction of sp³-hybridized carbons (Fsp3) is 0.250. The number of amides is 1. The van der Waals surface area contributed by atoms with Gasteiger partial charge in [-0.15, -0.1) is 0 Å². The number of hydrogen-bond acceptors (Lipinski definition) is 4. The van der Waals surface area contributed by atoms with Crippen LogP contribution in [0.1, 0.15) is 36.6 Å². The molecule has 1 aliphatic heterocycles. The lowest BCUT2D eigenvalue weighted by atomic mass is 9.92. The molecular formula is C20H19ClN4O2. The summed E-state index contributed by atoms with van der Waals surface area (Å²) in [6, 6.07) is 15.2. The highest BCUT2D eigenvalue weighted by Gasteiger charge is 2.38. The van der Waals surface area contributed by atoms with Crippen LogP contribution in [0, 0.1) is 0 Å². The molecule has 1 aliphatic rings. The van der Waals surface area contributed by atoms with E-state index in [9.17, 15) is 4.79 Å². The van der Waals surface area contributed by atoms with Crippen LogP contribution >= 0.6 is 11.6 Å². The molecule has 0 bridgehead atoms. The molecule has 2 heterocycles. The first-order chi connectivity index (χ1) is 13.1. The quantitative estimate of drug-likeness (QED) is 0.686. The van der Waals surface area contributed by atoms with Gasteiger partial charge in [-0.25, -0.2) is 4.68 Å². The first kappa shape index (κ1) is 17.5. The van der Waals surface area contributed by atoms with Gasteiger partial charge in [0.25, 0.3) is 0 Å². The molecule has 1 aromatic heterocycles. The van der Waals surface area contributed by atoms with E-state index in [1.165, 1.54) is 6.33 Å². The molecule has 2 aromatic carbocycles. The van der Waals surface area contributed by atoms with Crippen molar-refractivity contribution in [2.75, 3.05) is 12.0 Å². The number of carbonyl (C=O) groups is 1. The van der Waals surface area contributed by atoms with Crippen LogP contribution < -0.4 is 9.64 Å². The molecular weight excluding hydrogens is 364 g/mol. The molecule has 3 aromatic rings. The van der Waals surface area contributed by atoms with Crippen molar-refractivity contribution in [2.24, 2.45) is 0 Å². The Labute approximate surface area is 162 Å². The van der Waals surface area contributed by atoms with Crippen molar-refractivity contribution in [3.05, 3.63) is 71.0 Å². The maximum atomic E-state index is 12.5. The summed E-state index contributed by atoms with van der Waals surface area (Å²) in [6.45, 7) is 1.55. The van der Waals surface area contributed by atoms with Crippen LogP contribution in [0.2, 0.25) is 5.02 Å². The zero-order chi connectivity index (χ0) is 19.0. The minimum absolute atomic E-state index is 0.0809.